The van der Waals surface area contributed by atoms with Crippen molar-refractivity contribution in [2.45, 2.75) is 37.8 Å². The highest BCUT2D eigenvalue weighted by Gasteiger charge is 2.46. The lowest BCUT2D eigenvalue weighted by atomic mass is 9.72. The number of nitriles is 1. The summed E-state index contributed by atoms with van der Waals surface area (Å²) in [5.41, 5.74) is -1.26. The Morgan fingerprint density at radius 1 is 1.58 bits per heavy atom. The molecule has 1 aliphatic rings. The lowest BCUT2D eigenvalue weighted by Gasteiger charge is -2.39. The van der Waals surface area contributed by atoms with Crippen LogP contribution in [0.1, 0.15) is 49.1 Å². The minimum Gasteiger partial charge on any atom is -0.243 e. The van der Waals surface area contributed by atoms with Crippen molar-refractivity contribution in [1.29, 1.82) is 5.26 Å². The fraction of sp³-hybridized carbons (Fsp3) is 0.429. The van der Waals surface area contributed by atoms with Crippen LogP contribution in [0.25, 0.3) is 6.08 Å². The van der Waals surface area contributed by atoms with Crippen LogP contribution in [0.4, 0.5) is 8.78 Å². The molecule has 1 fully saturated rings. The van der Waals surface area contributed by atoms with E-state index in [2.05, 4.69) is 18.4 Å². The van der Waals surface area contributed by atoms with E-state index in [4.69, 9.17) is 5.26 Å². The van der Waals surface area contributed by atoms with E-state index in [9.17, 15) is 8.78 Å². The van der Waals surface area contributed by atoms with E-state index in [1.165, 1.54) is 10.8 Å². The van der Waals surface area contributed by atoms with Gasteiger partial charge >= 0.3 is 0 Å². The quantitative estimate of drug-likeness (QED) is 0.765. The molecular formula is C14H15F2N3. The minimum atomic E-state index is -1.39. The van der Waals surface area contributed by atoms with Crippen LogP contribution in [0.15, 0.2) is 11.7 Å². The second-order valence-corrected chi connectivity index (χ2v) is 4.84. The van der Waals surface area contributed by atoms with Gasteiger partial charge in [-0.2, -0.15) is 10.4 Å². The maximum absolute atomic E-state index is 14.5. The van der Waals surface area contributed by atoms with Crippen LogP contribution in [0, 0.1) is 17.1 Å². The normalized spacial score (nSPS) is 18.2. The number of alkyl halides is 1. The Bertz CT molecular complexity index is 576. The number of hydrogen-bond donors (Lipinski definition) is 0. The molecular weight excluding hydrogens is 248 g/mol. The molecule has 1 aromatic rings. The summed E-state index contributed by atoms with van der Waals surface area (Å²) < 4.78 is 29.8. The molecule has 1 atom stereocenters. The SMILES string of the molecule is C=Cc1c(F)c(C#N)c(C(C)C2(F)CCC2)n1N=C. The molecule has 1 heterocycles. The van der Waals surface area contributed by atoms with Crippen molar-refractivity contribution < 1.29 is 8.78 Å². The number of aromatic nitrogens is 1. The summed E-state index contributed by atoms with van der Waals surface area (Å²) in [6.07, 6.45) is 2.91. The zero-order valence-electron chi connectivity index (χ0n) is 10.8. The van der Waals surface area contributed by atoms with E-state index in [1.54, 1.807) is 13.0 Å². The van der Waals surface area contributed by atoms with E-state index in [-0.39, 0.29) is 17.0 Å². The monoisotopic (exact) mass is 263 g/mol. The maximum atomic E-state index is 14.5. The van der Waals surface area contributed by atoms with Crippen molar-refractivity contribution in [3.63, 3.8) is 0 Å². The topological polar surface area (TPSA) is 41.1 Å². The van der Waals surface area contributed by atoms with Crippen LogP contribution >= 0.6 is 0 Å². The number of halogens is 2. The Morgan fingerprint density at radius 3 is 2.58 bits per heavy atom. The third-order valence-corrected chi connectivity index (χ3v) is 3.97. The molecule has 0 bridgehead atoms. The average molecular weight is 263 g/mol. The van der Waals surface area contributed by atoms with Gasteiger partial charge in [0.05, 0.1) is 5.69 Å². The van der Waals surface area contributed by atoms with Crippen LogP contribution < -0.4 is 0 Å². The first kappa shape index (κ1) is 13.5. The van der Waals surface area contributed by atoms with E-state index in [1.807, 2.05) is 0 Å². The number of rotatable bonds is 4. The van der Waals surface area contributed by atoms with E-state index in [0.717, 1.165) is 6.42 Å². The van der Waals surface area contributed by atoms with Crippen LogP contribution in [-0.2, 0) is 0 Å². The zero-order chi connectivity index (χ0) is 14.2. The smallest absolute Gasteiger partial charge is 0.168 e. The van der Waals surface area contributed by atoms with Crippen LogP contribution in [0.2, 0.25) is 0 Å². The van der Waals surface area contributed by atoms with Gasteiger partial charge in [0.2, 0.25) is 0 Å². The summed E-state index contributed by atoms with van der Waals surface area (Å²) in [5, 5.41) is 12.8. The van der Waals surface area contributed by atoms with Crippen LogP contribution in [0.3, 0.4) is 0 Å². The Kier molecular flexibility index (Phi) is 3.27. The van der Waals surface area contributed by atoms with Gasteiger partial charge in [-0.1, -0.05) is 13.5 Å². The van der Waals surface area contributed by atoms with Gasteiger partial charge in [-0.3, -0.25) is 0 Å². The molecule has 0 aliphatic heterocycles. The lowest BCUT2D eigenvalue weighted by molar-refractivity contribution is 0.0358. The predicted molar refractivity (Wildman–Crippen MR) is 70.2 cm³/mol. The summed E-state index contributed by atoms with van der Waals surface area (Å²) in [4.78, 5) is 0. The molecule has 5 heteroatoms. The molecule has 0 spiro atoms. The van der Waals surface area contributed by atoms with E-state index < -0.39 is 17.4 Å². The number of nitrogens with zero attached hydrogens (tertiary/aromatic N) is 3. The first-order chi connectivity index (χ1) is 9.00. The molecule has 100 valence electrons. The third-order valence-electron chi connectivity index (χ3n) is 3.97. The van der Waals surface area contributed by atoms with Crippen molar-refractivity contribution >= 4 is 12.8 Å². The fourth-order valence-electron chi connectivity index (χ4n) is 2.60. The summed E-state index contributed by atoms with van der Waals surface area (Å²) in [6.45, 7) is 8.51. The van der Waals surface area contributed by atoms with Gasteiger partial charge in [0.25, 0.3) is 0 Å². The molecule has 0 radical (unpaired) electrons. The molecule has 0 saturated heterocycles. The second kappa shape index (κ2) is 4.61. The standard InChI is InChI=1S/C14H15F2N3/c1-4-11-12(15)10(8-17)13(19(11)18-3)9(2)14(16)6-5-7-14/h4,9H,1,3,5-7H2,2H3. The van der Waals surface area contributed by atoms with Gasteiger partial charge in [-0.25, -0.2) is 13.5 Å². The van der Waals surface area contributed by atoms with Gasteiger partial charge in [0.15, 0.2) is 5.82 Å². The molecule has 2 rings (SSSR count). The second-order valence-electron chi connectivity index (χ2n) is 4.84. The summed E-state index contributed by atoms with van der Waals surface area (Å²) in [5.74, 6) is -1.32. The average Bonchev–Trinajstić information content (AvgIpc) is 2.66. The first-order valence-electron chi connectivity index (χ1n) is 6.12. The summed E-state index contributed by atoms with van der Waals surface area (Å²) in [6, 6.07) is 1.80. The molecule has 1 aromatic heterocycles. The van der Waals surface area contributed by atoms with Crippen LogP contribution in [-0.4, -0.2) is 17.1 Å². The molecule has 3 nitrogen and oxygen atoms in total. The van der Waals surface area contributed by atoms with E-state index in [0.29, 0.717) is 12.8 Å². The fourth-order valence-corrected chi connectivity index (χ4v) is 2.60. The molecule has 19 heavy (non-hydrogen) atoms. The molecule has 1 saturated carbocycles. The Balaban J connectivity index is 2.65. The Hall–Kier alpha value is -1.96. The molecule has 1 aliphatic carbocycles. The number of hydrogen-bond acceptors (Lipinski definition) is 2. The van der Waals surface area contributed by atoms with Crippen LogP contribution in [0.5, 0.6) is 0 Å². The maximum Gasteiger partial charge on any atom is 0.168 e. The molecule has 0 N–H and O–H groups in total. The van der Waals surface area contributed by atoms with Crippen molar-refractivity contribution in [1.82, 2.24) is 4.68 Å². The minimum absolute atomic E-state index is 0.0522. The van der Waals surface area contributed by atoms with Gasteiger partial charge in [0.1, 0.15) is 23.0 Å². The van der Waals surface area contributed by atoms with E-state index >= 15 is 0 Å². The van der Waals surface area contributed by atoms with Crippen molar-refractivity contribution in [3.05, 3.63) is 29.3 Å². The molecule has 1 unspecified atom stereocenters. The van der Waals surface area contributed by atoms with Crippen molar-refractivity contribution in [2.24, 2.45) is 5.10 Å². The van der Waals surface area contributed by atoms with Crippen molar-refractivity contribution in [2.75, 3.05) is 0 Å². The van der Waals surface area contributed by atoms with Crippen molar-refractivity contribution in [3.8, 4) is 6.07 Å². The highest BCUT2D eigenvalue weighted by atomic mass is 19.1. The summed E-state index contributed by atoms with van der Waals surface area (Å²) >= 11 is 0. The Labute approximate surface area is 110 Å². The largest absolute Gasteiger partial charge is 0.243 e. The van der Waals surface area contributed by atoms with Gasteiger partial charge in [0, 0.05) is 12.6 Å². The Morgan fingerprint density at radius 2 is 2.21 bits per heavy atom. The zero-order valence-corrected chi connectivity index (χ0v) is 10.8. The third kappa shape index (κ3) is 1.79. The molecule has 0 aromatic carbocycles. The first-order valence-corrected chi connectivity index (χ1v) is 6.12. The van der Waals surface area contributed by atoms with Gasteiger partial charge in [-0.05, 0) is 25.3 Å². The highest BCUT2D eigenvalue weighted by molar-refractivity contribution is 5.54. The highest BCUT2D eigenvalue weighted by Crippen LogP contribution is 2.48. The summed E-state index contributed by atoms with van der Waals surface area (Å²) in [7, 11) is 0. The van der Waals surface area contributed by atoms with Gasteiger partial charge < -0.3 is 0 Å². The van der Waals surface area contributed by atoms with Gasteiger partial charge in [-0.15, -0.1) is 0 Å². The molecule has 0 amide bonds. The predicted octanol–water partition coefficient (Wildman–Crippen LogP) is 3.60. The lowest BCUT2D eigenvalue weighted by Crippen LogP contribution is -2.38.